The summed E-state index contributed by atoms with van der Waals surface area (Å²) in [5.74, 6) is -0.539. The Morgan fingerprint density at radius 1 is 0.686 bits per heavy atom. The Hall–Kier alpha value is -1.92. The van der Waals surface area contributed by atoms with Crippen molar-refractivity contribution in [2.24, 2.45) is 0 Å². The molecule has 10 nitrogen and oxygen atoms in total. The molecule has 0 aromatic heterocycles. The zero-order valence-electron chi connectivity index (χ0n) is 20.3. The highest BCUT2D eigenvalue weighted by Crippen LogP contribution is 2.21. The Kier molecular flexibility index (Phi) is 13.2. The van der Waals surface area contributed by atoms with Crippen molar-refractivity contribution in [2.75, 3.05) is 85.8 Å². The number of nitrogens with zero attached hydrogens (tertiary/aromatic N) is 1. The summed E-state index contributed by atoms with van der Waals surface area (Å²) in [6.45, 7) is 6.08. The molecule has 1 saturated heterocycles. The lowest BCUT2D eigenvalue weighted by Gasteiger charge is -2.22. The fourth-order valence-electron chi connectivity index (χ4n) is 3.66. The first-order chi connectivity index (χ1) is 17.3. The quantitative estimate of drug-likeness (QED) is 0.210. The van der Waals surface area contributed by atoms with E-state index in [-0.39, 0.29) is 31.3 Å². The van der Waals surface area contributed by atoms with E-state index in [1.165, 1.54) is 4.90 Å². The summed E-state index contributed by atoms with van der Waals surface area (Å²) in [6, 6.07) is 6.83. The summed E-state index contributed by atoms with van der Waals surface area (Å²) in [4.78, 5) is 25.7. The molecule has 0 saturated carbocycles. The summed E-state index contributed by atoms with van der Waals surface area (Å²) in [5.41, 5.74) is 0.899. The largest absolute Gasteiger partial charge is 0.377 e. The number of fused-ring (bicyclic) bond motifs is 1. The van der Waals surface area contributed by atoms with Gasteiger partial charge in [-0.15, -0.1) is 0 Å². The fourth-order valence-corrected chi connectivity index (χ4v) is 3.66. The van der Waals surface area contributed by atoms with Gasteiger partial charge in [0, 0.05) is 6.61 Å². The van der Waals surface area contributed by atoms with Crippen molar-refractivity contribution in [3.8, 4) is 0 Å². The first-order valence-corrected chi connectivity index (χ1v) is 12.3. The number of hydrogen-bond acceptors (Lipinski definition) is 9. The lowest BCUT2D eigenvalue weighted by Crippen LogP contribution is -2.33. The molecule has 2 amide bonds. The average Bonchev–Trinajstić information content (AvgIpc) is 3.13. The Balaban J connectivity index is 1.02. The fraction of sp³-hybridized carbons (Fsp3) is 0.680. The van der Waals surface area contributed by atoms with Gasteiger partial charge in [-0.3, -0.25) is 14.5 Å². The molecular formula is C25H37NO9. The van der Waals surface area contributed by atoms with Crippen LogP contribution in [0.4, 0.5) is 0 Å². The number of benzene rings is 1. The van der Waals surface area contributed by atoms with Crippen LogP contribution in [0.15, 0.2) is 24.3 Å². The normalized spacial score (nSPS) is 17.8. The topological polar surface area (TPSA) is 102 Å². The van der Waals surface area contributed by atoms with E-state index in [9.17, 15) is 9.59 Å². The predicted octanol–water partition coefficient (Wildman–Crippen LogP) is 1.91. The van der Waals surface area contributed by atoms with Gasteiger partial charge in [-0.1, -0.05) is 12.1 Å². The number of rotatable bonds is 19. The number of carbonyl (C=O) groups is 2. The van der Waals surface area contributed by atoms with Crippen LogP contribution in [0.5, 0.6) is 0 Å². The third-order valence-corrected chi connectivity index (χ3v) is 5.49. The molecule has 1 atom stereocenters. The van der Waals surface area contributed by atoms with Crippen molar-refractivity contribution in [1.82, 2.24) is 4.90 Å². The molecule has 1 fully saturated rings. The van der Waals surface area contributed by atoms with E-state index in [2.05, 4.69) is 0 Å². The maximum absolute atomic E-state index is 12.2. The van der Waals surface area contributed by atoms with E-state index >= 15 is 0 Å². The third kappa shape index (κ3) is 9.92. The van der Waals surface area contributed by atoms with Gasteiger partial charge in [-0.2, -0.15) is 0 Å². The van der Waals surface area contributed by atoms with Gasteiger partial charge >= 0.3 is 0 Å². The molecule has 1 aromatic rings. The Bertz CT molecular complexity index is 719. The molecule has 3 rings (SSSR count). The molecule has 0 bridgehead atoms. The number of amides is 2. The van der Waals surface area contributed by atoms with E-state index in [0.717, 1.165) is 25.9 Å². The predicted molar refractivity (Wildman–Crippen MR) is 125 cm³/mol. The molecule has 0 radical (unpaired) electrons. The van der Waals surface area contributed by atoms with Crippen LogP contribution in [-0.4, -0.2) is 109 Å². The van der Waals surface area contributed by atoms with Crippen LogP contribution < -0.4 is 0 Å². The molecule has 0 aliphatic carbocycles. The third-order valence-electron chi connectivity index (χ3n) is 5.49. The van der Waals surface area contributed by atoms with Crippen molar-refractivity contribution in [3.05, 3.63) is 35.4 Å². The summed E-state index contributed by atoms with van der Waals surface area (Å²) in [5, 5.41) is 0. The number of imide groups is 1. The van der Waals surface area contributed by atoms with Gasteiger partial charge in [0.25, 0.3) is 11.8 Å². The van der Waals surface area contributed by atoms with Crippen LogP contribution in [0, 0.1) is 0 Å². The van der Waals surface area contributed by atoms with Crippen LogP contribution in [0.3, 0.4) is 0 Å². The second-order valence-corrected chi connectivity index (χ2v) is 8.04. The Morgan fingerprint density at radius 2 is 1.17 bits per heavy atom. The maximum atomic E-state index is 12.2. The van der Waals surface area contributed by atoms with Gasteiger partial charge in [-0.05, 0) is 31.4 Å². The molecule has 1 aromatic carbocycles. The minimum atomic E-state index is -0.269. The van der Waals surface area contributed by atoms with Gasteiger partial charge < -0.3 is 33.2 Å². The number of ether oxygens (including phenoxy) is 7. The van der Waals surface area contributed by atoms with E-state index in [1.54, 1.807) is 24.3 Å². The molecule has 2 heterocycles. The summed E-state index contributed by atoms with van der Waals surface area (Å²) in [6.07, 6.45) is 3.16. The van der Waals surface area contributed by atoms with Crippen molar-refractivity contribution < 1.29 is 42.7 Å². The Morgan fingerprint density at radius 3 is 1.66 bits per heavy atom. The van der Waals surface area contributed by atoms with E-state index in [1.807, 2.05) is 0 Å². The van der Waals surface area contributed by atoms with Gasteiger partial charge in [0.1, 0.15) is 0 Å². The van der Waals surface area contributed by atoms with E-state index in [0.29, 0.717) is 77.2 Å². The summed E-state index contributed by atoms with van der Waals surface area (Å²) < 4.78 is 38.4. The van der Waals surface area contributed by atoms with Crippen LogP contribution in [0.2, 0.25) is 0 Å². The smallest absolute Gasteiger partial charge is 0.261 e. The molecule has 2 aliphatic rings. The second-order valence-electron chi connectivity index (χ2n) is 8.04. The summed E-state index contributed by atoms with van der Waals surface area (Å²) in [7, 11) is 0. The number of hydrogen-bond donors (Lipinski definition) is 0. The molecule has 35 heavy (non-hydrogen) atoms. The van der Waals surface area contributed by atoms with Crippen LogP contribution in [0.1, 0.15) is 40.0 Å². The van der Waals surface area contributed by atoms with Gasteiger partial charge in [0.05, 0.1) is 90.3 Å². The van der Waals surface area contributed by atoms with Crippen molar-refractivity contribution in [3.63, 3.8) is 0 Å². The van der Waals surface area contributed by atoms with E-state index < -0.39 is 0 Å². The van der Waals surface area contributed by atoms with Crippen molar-refractivity contribution in [2.45, 2.75) is 25.6 Å². The van der Waals surface area contributed by atoms with Crippen LogP contribution in [0.25, 0.3) is 0 Å². The first-order valence-electron chi connectivity index (χ1n) is 12.3. The van der Waals surface area contributed by atoms with Crippen molar-refractivity contribution >= 4 is 11.8 Å². The van der Waals surface area contributed by atoms with Gasteiger partial charge in [0.2, 0.25) is 0 Å². The zero-order chi connectivity index (χ0) is 24.6. The monoisotopic (exact) mass is 495 g/mol. The van der Waals surface area contributed by atoms with Crippen LogP contribution >= 0.6 is 0 Å². The van der Waals surface area contributed by atoms with Gasteiger partial charge in [0.15, 0.2) is 6.29 Å². The molecule has 10 heteroatoms. The highest BCUT2D eigenvalue weighted by Gasteiger charge is 2.34. The molecule has 0 spiro atoms. The molecule has 1 unspecified atom stereocenters. The lowest BCUT2D eigenvalue weighted by molar-refractivity contribution is -0.169. The van der Waals surface area contributed by atoms with Gasteiger partial charge in [-0.25, -0.2) is 0 Å². The first kappa shape index (κ1) is 27.7. The average molecular weight is 496 g/mol. The molecular weight excluding hydrogens is 458 g/mol. The van der Waals surface area contributed by atoms with Crippen LogP contribution in [-0.2, 0) is 33.2 Å². The molecule has 196 valence electrons. The number of carbonyl (C=O) groups excluding carboxylic acids is 2. The van der Waals surface area contributed by atoms with Crippen molar-refractivity contribution in [1.29, 1.82) is 0 Å². The van der Waals surface area contributed by atoms with E-state index in [4.69, 9.17) is 33.2 Å². The Labute approximate surface area is 206 Å². The molecule has 0 N–H and O–H groups in total. The SMILES string of the molecule is O=C1c2ccccc2C(=O)N1CCOCCOCCOCCOCCOCCOC1CCCCO1. The summed E-state index contributed by atoms with van der Waals surface area (Å²) >= 11 is 0. The minimum absolute atomic E-state index is 0.0741. The zero-order valence-corrected chi connectivity index (χ0v) is 20.3. The highest BCUT2D eigenvalue weighted by molar-refractivity contribution is 6.21. The molecule has 2 aliphatic heterocycles. The highest BCUT2D eigenvalue weighted by atomic mass is 16.7. The maximum Gasteiger partial charge on any atom is 0.261 e. The standard InChI is InChI=1S/C25H37NO9/c27-24-21-5-1-2-6-22(21)25(28)26(24)8-10-29-11-12-30-13-14-31-15-16-32-17-18-33-19-20-35-23-7-3-4-9-34-23/h1-2,5-6,23H,3-4,7-20H2. The second kappa shape index (κ2) is 16.7. The lowest BCUT2D eigenvalue weighted by atomic mass is 10.1. The minimum Gasteiger partial charge on any atom is -0.377 e.